The zero-order valence-electron chi connectivity index (χ0n) is 15.8. The Balaban J connectivity index is 1.74. The maximum Gasteiger partial charge on any atom is 0.342 e. The number of hydrogen-bond acceptors (Lipinski definition) is 6. The van der Waals surface area contributed by atoms with Crippen molar-refractivity contribution in [2.75, 3.05) is 18.1 Å². The van der Waals surface area contributed by atoms with Gasteiger partial charge in [0.25, 0.3) is 5.91 Å². The summed E-state index contributed by atoms with van der Waals surface area (Å²) in [4.78, 5) is 26.7. The topological polar surface area (TPSA) is 101 Å². The van der Waals surface area contributed by atoms with Gasteiger partial charge in [-0.3, -0.25) is 4.79 Å². The van der Waals surface area contributed by atoms with Crippen molar-refractivity contribution in [1.82, 2.24) is 4.90 Å². The van der Waals surface area contributed by atoms with Crippen LogP contribution < -0.4 is 0 Å². The van der Waals surface area contributed by atoms with E-state index in [9.17, 15) is 23.1 Å². The third-order valence-corrected chi connectivity index (χ3v) is 6.78. The van der Waals surface area contributed by atoms with Crippen molar-refractivity contribution in [2.45, 2.75) is 32.4 Å². The normalized spacial score (nSPS) is 19.3. The molecular weight excluding hydrogens is 382 g/mol. The molecule has 150 valence electrons. The van der Waals surface area contributed by atoms with E-state index in [0.29, 0.717) is 18.4 Å². The fourth-order valence-corrected chi connectivity index (χ4v) is 5.27. The van der Waals surface area contributed by atoms with Crippen LogP contribution in [0.15, 0.2) is 36.4 Å². The van der Waals surface area contributed by atoms with Crippen molar-refractivity contribution >= 4 is 32.5 Å². The minimum Gasteiger partial charge on any atom is -0.506 e. The van der Waals surface area contributed by atoms with Crippen LogP contribution in [0.1, 0.15) is 30.6 Å². The number of benzene rings is 2. The molecule has 0 aromatic heterocycles. The van der Waals surface area contributed by atoms with Crippen LogP contribution in [-0.4, -0.2) is 60.5 Å². The van der Waals surface area contributed by atoms with Crippen molar-refractivity contribution in [2.24, 2.45) is 0 Å². The van der Waals surface area contributed by atoms with Crippen LogP contribution in [0.5, 0.6) is 5.75 Å². The molecule has 1 fully saturated rings. The van der Waals surface area contributed by atoms with Gasteiger partial charge in [-0.05, 0) is 31.7 Å². The lowest BCUT2D eigenvalue weighted by molar-refractivity contribution is -0.141. The van der Waals surface area contributed by atoms with Gasteiger partial charge in [-0.2, -0.15) is 0 Å². The molecule has 0 radical (unpaired) electrons. The Bertz CT molecular complexity index is 1020. The van der Waals surface area contributed by atoms with Gasteiger partial charge < -0.3 is 14.7 Å². The summed E-state index contributed by atoms with van der Waals surface area (Å²) in [5, 5.41) is 11.7. The van der Waals surface area contributed by atoms with E-state index in [2.05, 4.69) is 0 Å². The van der Waals surface area contributed by atoms with Crippen LogP contribution in [0.2, 0.25) is 0 Å². The predicted octanol–water partition coefficient (Wildman–Crippen LogP) is 2.13. The Morgan fingerprint density at radius 2 is 1.96 bits per heavy atom. The second-order valence-electron chi connectivity index (χ2n) is 6.91. The fourth-order valence-electron chi connectivity index (χ4n) is 3.54. The van der Waals surface area contributed by atoms with Crippen molar-refractivity contribution in [1.29, 1.82) is 0 Å². The first-order valence-corrected chi connectivity index (χ1v) is 11.0. The largest absolute Gasteiger partial charge is 0.506 e. The lowest BCUT2D eigenvalue weighted by Crippen LogP contribution is -2.46. The van der Waals surface area contributed by atoms with Gasteiger partial charge in [0.15, 0.2) is 15.9 Å². The minimum absolute atomic E-state index is 0.0233. The molecule has 1 heterocycles. The number of aromatic hydroxyl groups is 1. The van der Waals surface area contributed by atoms with Gasteiger partial charge in [-0.25, -0.2) is 13.2 Å². The monoisotopic (exact) mass is 405 g/mol. The van der Waals surface area contributed by atoms with Gasteiger partial charge >= 0.3 is 5.97 Å². The molecule has 7 nitrogen and oxygen atoms in total. The number of ether oxygens (including phenoxy) is 1. The first-order valence-electron chi connectivity index (χ1n) is 9.16. The van der Waals surface area contributed by atoms with Gasteiger partial charge in [0.1, 0.15) is 11.3 Å². The zero-order chi connectivity index (χ0) is 20.5. The first-order chi connectivity index (χ1) is 13.2. The summed E-state index contributed by atoms with van der Waals surface area (Å²) < 4.78 is 28.7. The Morgan fingerprint density at radius 3 is 2.61 bits per heavy atom. The average molecular weight is 405 g/mol. The van der Waals surface area contributed by atoms with Crippen molar-refractivity contribution < 1.29 is 27.9 Å². The number of fused-ring (bicyclic) bond motifs is 1. The van der Waals surface area contributed by atoms with Crippen molar-refractivity contribution in [3.8, 4) is 5.75 Å². The third kappa shape index (κ3) is 3.96. The van der Waals surface area contributed by atoms with Gasteiger partial charge in [-0.15, -0.1) is 0 Å². The molecule has 28 heavy (non-hydrogen) atoms. The maximum absolute atomic E-state index is 12.7. The molecule has 2 aromatic carbocycles. The first kappa shape index (κ1) is 20.1. The molecule has 2 atom stereocenters. The highest BCUT2D eigenvalue weighted by atomic mass is 32.2. The van der Waals surface area contributed by atoms with Crippen LogP contribution >= 0.6 is 0 Å². The number of sulfone groups is 1. The Labute approximate surface area is 163 Å². The molecule has 1 N–H and O–H groups in total. The molecule has 0 spiro atoms. The smallest absolute Gasteiger partial charge is 0.342 e. The van der Waals surface area contributed by atoms with Crippen LogP contribution in [0.4, 0.5) is 0 Å². The second kappa shape index (κ2) is 7.79. The molecule has 1 aliphatic heterocycles. The van der Waals surface area contributed by atoms with E-state index in [1.807, 2.05) is 12.1 Å². The molecular formula is C20H23NO6S. The van der Waals surface area contributed by atoms with Gasteiger partial charge in [-0.1, -0.05) is 30.3 Å². The molecule has 0 aliphatic carbocycles. The van der Waals surface area contributed by atoms with E-state index in [4.69, 9.17) is 4.74 Å². The second-order valence-corrected chi connectivity index (χ2v) is 9.14. The average Bonchev–Trinajstić information content (AvgIpc) is 3.02. The van der Waals surface area contributed by atoms with Gasteiger partial charge in [0.2, 0.25) is 0 Å². The number of nitrogens with zero attached hydrogens (tertiary/aromatic N) is 1. The molecule has 0 unspecified atom stereocenters. The molecule has 1 aliphatic rings. The molecule has 1 saturated heterocycles. The third-order valence-electron chi connectivity index (χ3n) is 5.03. The van der Waals surface area contributed by atoms with E-state index in [-0.39, 0.29) is 22.8 Å². The van der Waals surface area contributed by atoms with Gasteiger partial charge in [0.05, 0.1) is 11.5 Å². The number of carbonyl (C=O) groups is 2. The van der Waals surface area contributed by atoms with E-state index in [0.717, 1.165) is 5.39 Å². The molecule has 8 heteroatoms. The van der Waals surface area contributed by atoms with Crippen molar-refractivity contribution in [3.05, 3.63) is 42.0 Å². The lowest BCUT2D eigenvalue weighted by atomic mass is 10.1. The maximum atomic E-state index is 12.7. The summed E-state index contributed by atoms with van der Waals surface area (Å²) in [6.07, 6.45) is -0.713. The van der Waals surface area contributed by atoms with E-state index in [1.165, 1.54) is 17.9 Å². The van der Waals surface area contributed by atoms with Gasteiger partial charge in [0, 0.05) is 18.0 Å². The fraction of sp³-hybridized carbons (Fsp3) is 0.400. The minimum atomic E-state index is -3.14. The van der Waals surface area contributed by atoms with Crippen LogP contribution in [-0.2, 0) is 19.4 Å². The standard InChI is InChI=1S/C20H23NO6S/c1-3-21(15-10-11-28(25,26)12-15)19(23)13(2)27-20(24)17-9-8-14-6-4-5-7-16(14)18(17)22/h4-9,13,15,22H,3,10-12H2,1-2H3/t13-,15-/m0/s1. The number of esters is 1. The number of hydrogen-bond donors (Lipinski definition) is 1. The molecule has 1 amide bonds. The summed E-state index contributed by atoms with van der Waals surface area (Å²) in [6, 6.07) is 9.82. The lowest BCUT2D eigenvalue weighted by Gasteiger charge is -2.29. The van der Waals surface area contributed by atoms with E-state index >= 15 is 0 Å². The van der Waals surface area contributed by atoms with Crippen LogP contribution in [0.25, 0.3) is 10.8 Å². The van der Waals surface area contributed by atoms with E-state index < -0.39 is 33.9 Å². The van der Waals surface area contributed by atoms with E-state index in [1.54, 1.807) is 25.1 Å². The number of phenolic OH excluding ortho intramolecular Hbond substituents is 1. The molecule has 2 aromatic rings. The van der Waals surface area contributed by atoms with Crippen LogP contribution in [0, 0.1) is 0 Å². The highest BCUT2D eigenvalue weighted by Crippen LogP contribution is 2.29. The summed E-state index contributed by atoms with van der Waals surface area (Å²) in [6.45, 7) is 3.53. The highest BCUT2D eigenvalue weighted by molar-refractivity contribution is 7.91. The molecule has 0 saturated carbocycles. The summed E-state index contributed by atoms with van der Waals surface area (Å²) in [5.74, 6) is -1.46. The van der Waals surface area contributed by atoms with Crippen molar-refractivity contribution in [3.63, 3.8) is 0 Å². The Hall–Kier alpha value is -2.61. The highest BCUT2D eigenvalue weighted by Gasteiger charge is 2.36. The molecule has 3 rings (SSSR count). The number of carbonyl (C=O) groups excluding carboxylic acids is 2. The summed E-state index contributed by atoms with van der Waals surface area (Å²) >= 11 is 0. The number of phenols is 1. The number of likely N-dealkylation sites (N-methyl/N-ethyl adjacent to an activating group) is 1. The Morgan fingerprint density at radius 1 is 1.25 bits per heavy atom. The summed E-state index contributed by atoms with van der Waals surface area (Å²) in [5.41, 5.74) is -0.0233. The van der Waals surface area contributed by atoms with Crippen LogP contribution in [0.3, 0.4) is 0 Å². The molecule has 0 bridgehead atoms. The quantitative estimate of drug-likeness (QED) is 0.765. The Kier molecular flexibility index (Phi) is 5.60. The number of rotatable bonds is 5. The SMILES string of the molecule is CCN(C(=O)[C@H](C)OC(=O)c1ccc2ccccc2c1O)[C@H]1CCS(=O)(=O)C1. The summed E-state index contributed by atoms with van der Waals surface area (Å²) in [7, 11) is -3.14. The zero-order valence-corrected chi connectivity index (χ0v) is 16.6. The number of amides is 1. The predicted molar refractivity (Wildman–Crippen MR) is 105 cm³/mol.